The van der Waals surface area contributed by atoms with Crippen molar-refractivity contribution in [3.05, 3.63) is 36.0 Å². The first-order chi connectivity index (χ1) is 10.1. The summed E-state index contributed by atoms with van der Waals surface area (Å²) >= 11 is 0. The molecule has 1 aliphatic rings. The van der Waals surface area contributed by atoms with Crippen molar-refractivity contribution in [1.82, 2.24) is 10.3 Å². The number of fused-ring (bicyclic) bond motifs is 1. The molecule has 0 spiro atoms. The molecule has 0 aliphatic heterocycles. The minimum absolute atomic E-state index is 0.179. The standard InChI is InChI=1S/C18H24N2O/c1-12(2)17(11-19-15-9-10-15)21-16-6-4-5-14-8-7-13(3)20-18(14)16/h4-8,12,15,17,19H,9-11H2,1-3H3. The van der Waals surface area contributed by atoms with E-state index in [2.05, 4.69) is 36.3 Å². The number of hydrogen-bond donors (Lipinski definition) is 1. The van der Waals surface area contributed by atoms with E-state index in [9.17, 15) is 0 Å². The third-order valence-corrected chi connectivity index (χ3v) is 4.03. The summed E-state index contributed by atoms with van der Waals surface area (Å²) < 4.78 is 6.30. The fraction of sp³-hybridized carbons (Fsp3) is 0.500. The van der Waals surface area contributed by atoms with Crippen molar-refractivity contribution in [2.75, 3.05) is 6.54 Å². The second-order valence-electron chi connectivity index (χ2n) is 6.36. The Hall–Kier alpha value is -1.61. The molecule has 0 bridgehead atoms. The van der Waals surface area contributed by atoms with Crippen LogP contribution < -0.4 is 10.1 Å². The van der Waals surface area contributed by atoms with Crippen LogP contribution in [0, 0.1) is 12.8 Å². The lowest BCUT2D eigenvalue weighted by molar-refractivity contribution is 0.150. The molecular weight excluding hydrogens is 260 g/mol. The molecule has 1 atom stereocenters. The molecule has 1 fully saturated rings. The van der Waals surface area contributed by atoms with Gasteiger partial charge in [0.15, 0.2) is 0 Å². The van der Waals surface area contributed by atoms with Crippen LogP contribution in [0.2, 0.25) is 0 Å². The van der Waals surface area contributed by atoms with Crippen molar-refractivity contribution < 1.29 is 4.74 Å². The van der Waals surface area contributed by atoms with Crippen molar-refractivity contribution >= 4 is 10.9 Å². The number of benzene rings is 1. The number of rotatable bonds is 6. The van der Waals surface area contributed by atoms with Gasteiger partial charge in [-0.3, -0.25) is 0 Å². The van der Waals surface area contributed by atoms with Crippen LogP contribution >= 0.6 is 0 Å². The molecule has 0 amide bonds. The number of aromatic nitrogens is 1. The van der Waals surface area contributed by atoms with E-state index in [1.165, 1.54) is 12.8 Å². The molecule has 0 radical (unpaired) electrons. The Labute approximate surface area is 126 Å². The summed E-state index contributed by atoms with van der Waals surface area (Å²) in [6.07, 6.45) is 2.79. The van der Waals surface area contributed by atoms with Crippen LogP contribution in [0.15, 0.2) is 30.3 Å². The fourth-order valence-electron chi connectivity index (χ4n) is 2.46. The van der Waals surface area contributed by atoms with Gasteiger partial charge < -0.3 is 10.1 Å². The van der Waals surface area contributed by atoms with Gasteiger partial charge in [-0.15, -0.1) is 0 Å². The molecule has 1 aliphatic carbocycles. The summed E-state index contributed by atoms with van der Waals surface area (Å²) in [4.78, 5) is 4.65. The van der Waals surface area contributed by atoms with Crippen LogP contribution in [0.5, 0.6) is 5.75 Å². The van der Waals surface area contributed by atoms with Gasteiger partial charge in [0.25, 0.3) is 0 Å². The first kappa shape index (κ1) is 14.3. The SMILES string of the molecule is Cc1ccc2cccc(OC(CNC3CC3)C(C)C)c2n1. The number of aryl methyl sites for hydroxylation is 1. The fourth-order valence-corrected chi connectivity index (χ4v) is 2.46. The average Bonchev–Trinajstić information content (AvgIpc) is 3.27. The highest BCUT2D eigenvalue weighted by atomic mass is 16.5. The number of pyridine rings is 1. The summed E-state index contributed by atoms with van der Waals surface area (Å²) in [5.74, 6) is 1.36. The zero-order chi connectivity index (χ0) is 14.8. The molecule has 1 aromatic heterocycles. The molecular formula is C18H24N2O. The van der Waals surface area contributed by atoms with Crippen LogP contribution in [-0.2, 0) is 0 Å². The highest BCUT2D eigenvalue weighted by Gasteiger charge is 2.24. The maximum absolute atomic E-state index is 6.30. The average molecular weight is 284 g/mol. The van der Waals surface area contributed by atoms with Gasteiger partial charge in [0.05, 0.1) is 0 Å². The molecule has 1 N–H and O–H groups in total. The largest absolute Gasteiger partial charge is 0.487 e. The first-order valence-electron chi connectivity index (χ1n) is 7.90. The quantitative estimate of drug-likeness (QED) is 0.878. The van der Waals surface area contributed by atoms with E-state index in [0.29, 0.717) is 12.0 Å². The van der Waals surface area contributed by atoms with Crippen molar-refractivity contribution in [1.29, 1.82) is 0 Å². The summed E-state index contributed by atoms with van der Waals surface area (Å²) in [6.45, 7) is 7.35. The summed E-state index contributed by atoms with van der Waals surface area (Å²) in [6, 6.07) is 11.0. The van der Waals surface area contributed by atoms with Crippen LogP contribution in [0.4, 0.5) is 0 Å². The highest BCUT2D eigenvalue weighted by Crippen LogP contribution is 2.26. The molecule has 2 aromatic rings. The van der Waals surface area contributed by atoms with Crippen LogP contribution in [0.1, 0.15) is 32.4 Å². The maximum atomic E-state index is 6.30. The number of hydrogen-bond acceptors (Lipinski definition) is 3. The van der Waals surface area contributed by atoms with Gasteiger partial charge in [0.1, 0.15) is 17.4 Å². The van der Waals surface area contributed by atoms with Crippen LogP contribution in [0.3, 0.4) is 0 Å². The third-order valence-electron chi connectivity index (χ3n) is 4.03. The molecule has 1 saturated carbocycles. The monoisotopic (exact) mass is 284 g/mol. The Morgan fingerprint density at radius 2 is 2.05 bits per heavy atom. The number of para-hydroxylation sites is 1. The Kier molecular flexibility index (Phi) is 4.11. The first-order valence-corrected chi connectivity index (χ1v) is 7.90. The van der Waals surface area contributed by atoms with Gasteiger partial charge in [0.2, 0.25) is 0 Å². The smallest absolute Gasteiger partial charge is 0.146 e. The molecule has 1 unspecified atom stereocenters. The normalized spacial score (nSPS) is 16.4. The van der Waals surface area contributed by atoms with Crippen LogP contribution in [0.25, 0.3) is 10.9 Å². The van der Waals surface area contributed by atoms with E-state index >= 15 is 0 Å². The summed E-state index contributed by atoms with van der Waals surface area (Å²) in [5, 5.41) is 4.71. The highest BCUT2D eigenvalue weighted by molar-refractivity contribution is 5.84. The molecule has 3 heteroatoms. The van der Waals surface area contributed by atoms with E-state index in [0.717, 1.165) is 28.9 Å². The lowest BCUT2D eigenvalue weighted by atomic mass is 10.1. The van der Waals surface area contributed by atoms with E-state index in [4.69, 9.17) is 4.74 Å². The van der Waals surface area contributed by atoms with E-state index in [1.807, 2.05) is 25.1 Å². The minimum atomic E-state index is 0.179. The zero-order valence-corrected chi connectivity index (χ0v) is 13.1. The third kappa shape index (κ3) is 3.53. The summed E-state index contributed by atoms with van der Waals surface area (Å²) in [7, 11) is 0. The van der Waals surface area contributed by atoms with Crippen molar-refractivity contribution in [2.45, 2.75) is 45.8 Å². The van der Waals surface area contributed by atoms with Gasteiger partial charge in [-0.2, -0.15) is 0 Å². The Balaban J connectivity index is 1.82. The van der Waals surface area contributed by atoms with Crippen molar-refractivity contribution in [3.63, 3.8) is 0 Å². The zero-order valence-electron chi connectivity index (χ0n) is 13.1. The number of nitrogens with one attached hydrogen (secondary N) is 1. The molecule has 3 rings (SSSR count). The van der Waals surface area contributed by atoms with Gasteiger partial charge in [0, 0.05) is 23.7 Å². The Morgan fingerprint density at radius 1 is 1.24 bits per heavy atom. The topological polar surface area (TPSA) is 34.1 Å². The minimum Gasteiger partial charge on any atom is -0.487 e. The maximum Gasteiger partial charge on any atom is 0.146 e. The second-order valence-corrected chi connectivity index (χ2v) is 6.36. The van der Waals surface area contributed by atoms with E-state index in [-0.39, 0.29) is 6.10 Å². The second kappa shape index (κ2) is 6.02. The number of ether oxygens (including phenoxy) is 1. The molecule has 112 valence electrons. The lowest BCUT2D eigenvalue weighted by Gasteiger charge is -2.23. The van der Waals surface area contributed by atoms with Gasteiger partial charge in [-0.05, 0) is 37.8 Å². The molecule has 21 heavy (non-hydrogen) atoms. The summed E-state index contributed by atoms with van der Waals surface area (Å²) in [5.41, 5.74) is 1.99. The lowest BCUT2D eigenvalue weighted by Crippen LogP contribution is -2.36. The molecule has 3 nitrogen and oxygen atoms in total. The molecule has 1 heterocycles. The van der Waals surface area contributed by atoms with Crippen molar-refractivity contribution in [2.24, 2.45) is 5.92 Å². The number of nitrogens with zero attached hydrogens (tertiary/aromatic N) is 1. The predicted octanol–water partition coefficient (Wildman–Crippen LogP) is 3.70. The van der Waals surface area contributed by atoms with Gasteiger partial charge >= 0.3 is 0 Å². The molecule has 0 saturated heterocycles. The Morgan fingerprint density at radius 3 is 2.76 bits per heavy atom. The van der Waals surface area contributed by atoms with Gasteiger partial charge in [-0.25, -0.2) is 4.98 Å². The Bertz CT molecular complexity index is 620. The van der Waals surface area contributed by atoms with Crippen LogP contribution in [-0.4, -0.2) is 23.7 Å². The van der Waals surface area contributed by atoms with Crippen molar-refractivity contribution in [3.8, 4) is 5.75 Å². The van der Waals surface area contributed by atoms with Gasteiger partial charge in [-0.1, -0.05) is 32.0 Å². The van der Waals surface area contributed by atoms with E-state index < -0.39 is 0 Å². The predicted molar refractivity (Wildman–Crippen MR) is 86.8 cm³/mol. The van der Waals surface area contributed by atoms with E-state index in [1.54, 1.807) is 0 Å². The molecule has 1 aromatic carbocycles.